The molecular formula is C36H44ClN3O5S. The largest absolute Gasteiger partial charge is 0.490 e. The van der Waals surface area contributed by atoms with Crippen LogP contribution in [0.1, 0.15) is 79.3 Å². The fourth-order valence-corrected chi connectivity index (χ4v) is 9.72. The van der Waals surface area contributed by atoms with E-state index >= 15 is 0 Å². The summed E-state index contributed by atoms with van der Waals surface area (Å²) in [5.41, 5.74) is 3.54. The molecule has 3 aliphatic carbocycles. The van der Waals surface area contributed by atoms with Gasteiger partial charge in [0.1, 0.15) is 15.7 Å². The minimum absolute atomic E-state index is 0.0129. The van der Waals surface area contributed by atoms with E-state index in [1.165, 1.54) is 11.1 Å². The molecule has 2 heterocycles. The van der Waals surface area contributed by atoms with Crippen LogP contribution in [0, 0.1) is 17.8 Å². The summed E-state index contributed by atoms with van der Waals surface area (Å²) < 4.78 is 33.6. The molecule has 7 rings (SSSR count). The number of ether oxygens (including phenoxy) is 2. The van der Waals surface area contributed by atoms with Gasteiger partial charge in [0.25, 0.3) is 5.91 Å². The molecule has 2 aliphatic heterocycles. The second-order valence-corrected chi connectivity index (χ2v) is 16.5. The highest BCUT2D eigenvalue weighted by Crippen LogP contribution is 2.47. The van der Waals surface area contributed by atoms with E-state index in [1.54, 1.807) is 13.2 Å². The molecule has 2 fully saturated rings. The van der Waals surface area contributed by atoms with Gasteiger partial charge in [-0.3, -0.25) is 14.3 Å². The topological polar surface area (TPSA) is 97.3 Å². The lowest BCUT2D eigenvalue weighted by atomic mass is 9.68. The number of rotatable bonds is 4. The van der Waals surface area contributed by atoms with Gasteiger partial charge in [0.15, 0.2) is 0 Å². The Kier molecular flexibility index (Phi) is 8.94. The van der Waals surface area contributed by atoms with Gasteiger partial charge in [0.05, 0.1) is 24.2 Å². The van der Waals surface area contributed by atoms with Crippen molar-refractivity contribution in [3.05, 3.63) is 70.3 Å². The molecule has 1 N–H and O–H groups in total. The number of hydrogen-bond donors (Lipinski definition) is 1. The zero-order valence-corrected chi connectivity index (χ0v) is 28.1. The molecule has 2 aromatic rings. The maximum absolute atomic E-state index is 14.0. The van der Waals surface area contributed by atoms with Gasteiger partial charge in [0.2, 0.25) is 5.91 Å². The molecule has 10 heteroatoms. The van der Waals surface area contributed by atoms with Gasteiger partial charge in [0, 0.05) is 42.6 Å². The molecule has 0 aromatic heterocycles. The highest BCUT2D eigenvalue weighted by atomic mass is 35.5. The van der Waals surface area contributed by atoms with Crippen molar-refractivity contribution in [2.45, 2.75) is 75.7 Å². The van der Waals surface area contributed by atoms with E-state index in [9.17, 15) is 13.8 Å². The molecule has 2 saturated carbocycles. The Bertz CT molecular complexity index is 1660. The van der Waals surface area contributed by atoms with Crippen molar-refractivity contribution in [2.24, 2.45) is 22.1 Å². The van der Waals surface area contributed by atoms with Crippen LogP contribution in [0.25, 0.3) is 0 Å². The first-order valence-electron chi connectivity index (χ1n) is 16.8. The number of anilines is 1. The Morgan fingerprint density at radius 1 is 1.17 bits per heavy atom. The van der Waals surface area contributed by atoms with Crippen LogP contribution in [-0.4, -0.2) is 54.7 Å². The summed E-state index contributed by atoms with van der Waals surface area (Å²) in [5.74, 6) is 1.08. The number of benzene rings is 2. The van der Waals surface area contributed by atoms with Crippen LogP contribution in [0.15, 0.2) is 52.9 Å². The van der Waals surface area contributed by atoms with Gasteiger partial charge in [-0.1, -0.05) is 29.8 Å². The molecule has 2 bridgehead atoms. The third-order valence-corrected chi connectivity index (χ3v) is 12.8. The first kappa shape index (κ1) is 31.7. The van der Waals surface area contributed by atoms with Crippen molar-refractivity contribution < 1.29 is 23.3 Å². The predicted octanol–water partition coefficient (Wildman–Crippen LogP) is 6.64. The minimum atomic E-state index is -3.31. The highest BCUT2D eigenvalue weighted by Gasteiger charge is 2.44. The van der Waals surface area contributed by atoms with Crippen LogP contribution in [0.5, 0.6) is 5.75 Å². The first-order chi connectivity index (χ1) is 22.2. The number of methoxy groups -OCH3 is 1. The van der Waals surface area contributed by atoms with Crippen LogP contribution < -0.4 is 14.4 Å². The second kappa shape index (κ2) is 13.0. The molecule has 8 nitrogen and oxygen atoms in total. The smallest absolute Gasteiger partial charge is 0.286 e. The summed E-state index contributed by atoms with van der Waals surface area (Å²) in [6, 6.07) is 11.7. The molecule has 5 aliphatic rings. The maximum atomic E-state index is 14.0. The number of aryl methyl sites for hydroxylation is 1. The Balaban J connectivity index is 1.28. The fourth-order valence-electron chi connectivity index (χ4n) is 7.92. The van der Waals surface area contributed by atoms with E-state index in [-0.39, 0.29) is 23.2 Å². The third-order valence-electron chi connectivity index (χ3n) is 10.7. The summed E-state index contributed by atoms with van der Waals surface area (Å²) in [6.07, 6.45) is 13.0. The molecule has 2 aromatic carbocycles. The number of allylic oxidation sites excluding steroid dienone is 1. The number of carbonyl (C=O) groups is 2. The highest BCUT2D eigenvalue weighted by molar-refractivity contribution is 7.92. The molecule has 46 heavy (non-hydrogen) atoms. The second-order valence-electron chi connectivity index (χ2n) is 14.0. The monoisotopic (exact) mass is 665 g/mol. The van der Waals surface area contributed by atoms with Gasteiger partial charge in [-0.25, -0.2) is 4.21 Å². The molecular weight excluding hydrogens is 622 g/mol. The first-order valence-corrected chi connectivity index (χ1v) is 18.9. The van der Waals surface area contributed by atoms with E-state index in [4.69, 9.17) is 21.1 Å². The Morgan fingerprint density at radius 3 is 2.83 bits per heavy atom. The summed E-state index contributed by atoms with van der Waals surface area (Å²) in [5, 5.41) is 0.752. The molecule has 246 valence electrons. The van der Waals surface area contributed by atoms with Gasteiger partial charge in [-0.15, -0.1) is 4.36 Å². The van der Waals surface area contributed by atoms with Crippen molar-refractivity contribution in [3.8, 4) is 5.75 Å². The number of hydrogen-bond acceptors (Lipinski definition) is 6. The van der Waals surface area contributed by atoms with Crippen molar-refractivity contribution in [3.63, 3.8) is 0 Å². The number of amides is 2. The lowest BCUT2D eigenvalue weighted by Crippen LogP contribution is -2.49. The van der Waals surface area contributed by atoms with Gasteiger partial charge in [-0.05, 0) is 117 Å². The number of fused-ring (bicyclic) bond motifs is 4. The van der Waals surface area contributed by atoms with Crippen molar-refractivity contribution in [1.29, 1.82) is 0 Å². The quantitative estimate of drug-likeness (QED) is 0.368. The normalized spacial score (nSPS) is 31.7. The molecule has 2 amide bonds. The van der Waals surface area contributed by atoms with Gasteiger partial charge >= 0.3 is 0 Å². The summed E-state index contributed by atoms with van der Waals surface area (Å²) >= 11 is 6.43. The van der Waals surface area contributed by atoms with E-state index in [1.807, 2.05) is 18.2 Å². The molecule has 1 spiro atoms. The van der Waals surface area contributed by atoms with E-state index in [0.717, 1.165) is 74.5 Å². The lowest BCUT2D eigenvalue weighted by Gasteiger charge is -2.46. The number of nitrogens with one attached hydrogen (secondary N) is 1. The molecule has 5 atom stereocenters. The standard InChI is InChI=1S/C36H44ClN3O5S/c1-44-32-7-3-2-4-17-46(43,38-34(41)18-24-8-9-24)39-35(42)26-11-15-33-31(20-26)40(21-27-10-13-29(27)32)22-36(23-45-33)16-5-6-25-19-28(37)12-14-30(25)36/h3,7,11-12,14-15,19-20,24,27,29,32H,2,4-6,8-10,13,16-18,21-23H2,1H3,(H,38,39,41,42,43)/b7-3-/t27-,29+,32-,36-,46?/m0/s1. The fraction of sp³-hybridized carbons (Fsp3) is 0.556. The van der Waals surface area contributed by atoms with E-state index in [0.29, 0.717) is 49.2 Å². The van der Waals surface area contributed by atoms with E-state index < -0.39 is 15.8 Å². The van der Waals surface area contributed by atoms with Crippen LogP contribution >= 0.6 is 11.6 Å². The van der Waals surface area contributed by atoms with Crippen molar-refractivity contribution in [1.82, 2.24) is 4.72 Å². The van der Waals surface area contributed by atoms with Gasteiger partial charge < -0.3 is 14.4 Å². The van der Waals surface area contributed by atoms with Crippen LogP contribution in [0.2, 0.25) is 5.02 Å². The lowest BCUT2D eigenvalue weighted by molar-refractivity contribution is -0.119. The minimum Gasteiger partial charge on any atom is -0.490 e. The van der Waals surface area contributed by atoms with Crippen molar-refractivity contribution >= 4 is 39.0 Å². The average molecular weight is 666 g/mol. The Labute approximate surface area is 277 Å². The van der Waals surface area contributed by atoms with Gasteiger partial charge in [-0.2, -0.15) is 0 Å². The summed E-state index contributed by atoms with van der Waals surface area (Å²) in [7, 11) is -1.53. The number of carbonyl (C=O) groups excluding carboxylic acids is 2. The maximum Gasteiger partial charge on any atom is 0.286 e. The predicted molar refractivity (Wildman–Crippen MR) is 181 cm³/mol. The Hall–Kier alpha value is -2.88. The number of nitrogens with zero attached hydrogens (tertiary/aromatic N) is 2. The SMILES string of the molecule is CO[C@H]1/C=C\CCCS(=O)(NC(=O)CC2CC2)=NC(=O)c2ccc3c(c2)N(C[C@@H]2CC[C@H]21)C[C@@]1(CCCc2cc(Cl)ccc21)CO3. The Morgan fingerprint density at radius 2 is 2.04 bits per heavy atom. The zero-order chi connectivity index (χ0) is 31.9. The van der Waals surface area contributed by atoms with Crippen molar-refractivity contribution in [2.75, 3.05) is 37.5 Å². The molecule has 0 radical (unpaired) electrons. The van der Waals surface area contributed by atoms with Crippen LogP contribution in [0.4, 0.5) is 5.69 Å². The zero-order valence-electron chi connectivity index (χ0n) is 26.5. The molecule has 0 saturated heterocycles. The third kappa shape index (κ3) is 6.60. The van der Waals surface area contributed by atoms with Crippen LogP contribution in [-0.2, 0) is 31.3 Å². The van der Waals surface area contributed by atoms with E-state index in [2.05, 4.69) is 38.3 Å². The molecule has 1 unspecified atom stereocenters. The summed E-state index contributed by atoms with van der Waals surface area (Å²) in [4.78, 5) is 28.9. The average Bonchev–Trinajstić information content (AvgIpc) is 3.85. The van der Waals surface area contributed by atoms with Crippen LogP contribution in [0.3, 0.4) is 0 Å². The summed E-state index contributed by atoms with van der Waals surface area (Å²) in [6.45, 7) is 2.08. The number of halogens is 1.